The van der Waals surface area contributed by atoms with Crippen LogP contribution in [0.5, 0.6) is 0 Å². The number of hydrogen-bond acceptors (Lipinski definition) is 3. The summed E-state index contributed by atoms with van der Waals surface area (Å²) in [6.45, 7) is 7.81. The molecule has 2 saturated heterocycles. The summed E-state index contributed by atoms with van der Waals surface area (Å²) in [4.78, 5) is 11.0. The Morgan fingerprint density at radius 1 is 1.40 bits per heavy atom. The highest BCUT2D eigenvalue weighted by atomic mass is 16.6. The van der Waals surface area contributed by atoms with Gasteiger partial charge in [-0.05, 0) is 33.6 Å². The average molecular weight is 212 g/mol. The Balaban J connectivity index is 2.19. The maximum atomic E-state index is 11.0. The summed E-state index contributed by atoms with van der Waals surface area (Å²) < 4.78 is 11.5. The molecule has 0 N–H and O–H groups in total. The van der Waals surface area contributed by atoms with Crippen molar-refractivity contribution in [3.63, 3.8) is 0 Å². The molecule has 3 fully saturated rings. The minimum atomic E-state index is -0.174. The Morgan fingerprint density at radius 3 is 2.53 bits per heavy atom. The molecular weight excluding hydrogens is 192 g/mol. The van der Waals surface area contributed by atoms with E-state index >= 15 is 0 Å². The Morgan fingerprint density at radius 2 is 2.07 bits per heavy atom. The van der Waals surface area contributed by atoms with Gasteiger partial charge in [-0.2, -0.15) is 0 Å². The van der Waals surface area contributed by atoms with Crippen molar-refractivity contribution in [2.24, 2.45) is 5.92 Å². The maximum absolute atomic E-state index is 11.0. The molecule has 3 atom stereocenters. The van der Waals surface area contributed by atoms with Crippen molar-refractivity contribution in [1.29, 1.82) is 0 Å². The van der Waals surface area contributed by atoms with Crippen LogP contribution in [0.15, 0.2) is 0 Å². The van der Waals surface area contributed by atoms with Gasteiger partial charge in [0, 0.05) is 19.3 Å². The maximum Gasteiger partial charge on any atom is 0.302 e. The van der Waals surface area contributed by atoms with Crippen LogP contribution < -0.4 is 0 Å². The molecule has 0 amide bonds. The van der Waals surface area contributed by atoms with Gasteiger partial charge in [-0.25, -0.2) is 0 Å². The molecule has 2 aliphatic heterocycles. The van der Waals surface area contributed by atoms with E-state index in [-0.39, 0.29) is 23.3 Å². The zero-order valence-electron chi connectivity index (χ0n) is 10.0. The van der Waals surface area contributed by atoms with E-state index in [1.807, 2.05) is 0 Å². The van der Waals surface area contributed by atoms with E-state index in [9.17, 15) is 4.79 Å². The van der Waals surface area contributed by atoms with Crippen molar-refractivity contribution in [2.45, 2.75) is 64.3 Å². The van der Waals surface area contributed by atoms with Crippen molar-refractivity contribution < 1.29 is 14.3 Å². The molecule has 0 spiro atoms. The van der Waals surface area contributed by atoms with Crippen molar-refractivity contribution in [1.82, 2.24) is 0 Å². The van der Waals surface area contributed by atoms with Gasteiger partial charge >= 0.3 is 5.97 Å². The summed E-state index contributed by atoms with van der Waals surface area (Å²) in [7, 11) is 0. The molecule has 0 aromatic heterocycles. The Labute approximate surface area is 91.1 Å². The van der Waals surface area contributed by atoms with Gasteiger partial charge < -0.3 is 9.47 Å². The molecule has 3 aliphatic rings. The first-order valence-electron chi connectivity index (χ1n) is 5.70. The molecule has 3 nitrogen and oxygen atoms in total. The molecule has 0 aromatic carbocycles. The van der Waals surface area contributed by atoms with Crippen molar-refractivity contribution >= 4 is 5.97 Å². The van der Waals surface area contributed by atoms with E-state index in [0.717, 1.165) is 19.3 Å². The predicted molar refractivity (Wildman–Crippen MR) is 56.5 cm³/mol. The standard InChI is InChI=1S/C12H20O3/c1-8(13)14-10-7-12(4)6-5-9(10)11(2,3)15-12/h9-10H,5-7H2,1-4H3/t9-,10-,12+/m0/s1. The van der Waals surface area contributed by atoms with Crippen molar-refractivity contribution in [3.8, 4) is 0 Å². The molecule has 0 unspecified atom stereocenters. The topological polar surface area (TPSA) is 35.5 Å². The average Bonchev–Trinajstić information content (AvgIpc) is 1.97. The summed E-state index contributed by atoms with van der Waals surface area (Å²) in [6.07, 6.45) is 3.08. The molecule has 0 radical (unpaired) electrons. The van der Waals surface area contributed by atoms with Crippen LogP contribution in [0, 0.1) is 5.92 Å². The zero-order valence-corrected chi connectivity index (χ0v) is 10.0. The molecule has 86 valence electrons. The monoisotopic (exact) mass is 212 g/mol. The van der Waals surface area contributed by atoms with Gasteiger partial charge in [0.15, 0.2) is 0 Å². The van der Waals surface area contributed by atoms with Crippen molar-refractivity contribution in [3.05, 3.63) is 0 Å². The van der Waals surface area contributed by atoms with Gasteiger partial charge in [0.25, 0.3) is 0 Å². The molecule has 3 rings (SSSR count). The number of esters is 1. The minimum absolute atomic E-state index is 0.0463. The highest BCUT2D eigenvalue weighted by molar-refractivity contribution is 5.66. The highest BCUT2D eigenvalue weighted by Crippen LogP contribution is 2.50. The summed E-state index contributed by atoms with van der Waals surface area (Å²) in [5.74, 6) is 0.176. The lowest BCUT2D eigenvalue weighted by Crippen LogP contribution is -2.60. The third kappa shape index (κ3) is 1.89. The normalized spacial score (nSPS) is 42.7. The molecule has 1 aliphatic carbocycles. The van der Waals surface area contributed by atoms with Crippen LogP contribution in [0.2, 0.25) is 0 Å². The second kappa shape index (κ2) is 3.21. The van der Waals surface area contributed by atoms with Gasteiger partial charge in [-0.1, -0.05) is 0 Å². The molecule has 2 bridgehead atoms. The molecule has 3 heteroatoms. The van der Waals surface area contributed by atoms with Crippen LogP contribution >= 0.6 is 0 Å². The zero-order chi connectivity index (χ0) is 11.3. The summed E-state index contributed by atoms with van der Waals surface area (Å²) in [5, 5.41) is 0. The quantitative estimate of drug-likeness (QED) is 0.625. The lowest BCUT2D eigenvalue weighted by atomic mass is 9.67. The smallest absolute Gasteiger partial charge is 0.302 e. The van der Waals surface area contributed by atoms with Crippen LogP contribution in [-0.2, 0) is 14.3 Å². The first-order chi connectivity index (χ1) is 6.82. The predicted octanol–water partition coefficient (Wildman–Crippen LogP) is 2.29. The Bertz CT molecular complexity index is 282. The fourth-order valence-corrected chi connectivity index (χ4v) is 3.25. The van der Waals surface area contributed by atoms with Crippen LogP contribution in [-0.4, -0.2) is 23.3 Å². The summed E-state index contributed by atoms with van der Waals surface area (Å²) in [5.41, 5.74) is -0.260. The second-order valence-corrected chi connectivity index (χ2v) is 5.65. The van der Waals surface area contributed by atoms with E-state index in [0.29, 0.717) is 5.92 Å². The third-order valence-corrected chi connectivity index (χ3v) is 3.79. The number of carbonyl (C=O) groups excluding carboxylic acids is 1. The van der Waals surface area contributed by atoms with E-state index in [1.54, 1.807) is 0 Å². The fourth-order valence-electron chi connectivity index (χ4n) is 3.25. The first-order valence-corrected chi connectivity index (χ1v) is 5.70. The van der Waals surface area contributed by atoms with Gasteiger partial charge in [0.2, 0.25) is 0 Å². The van der Waals surface area contributed by atoms with Crippen LogP contribution in [0.4, 0.5) is 0 Å². The highest BCUT2D eigenvalue weighted by Gasteiger charge is 2.54. The molecule has 2 heterocycles. The lowest BCUT2D eigenvalue weighted by molar-refractivity contribution is -0.267. The van der Waals surface area contributed by atoms with Crippen LogP contribution in [0.25, 0.3) is 0 Å². The van der Waals surface area contributed by atoms with Crippen molar-refractivity contribution in [2.75, 3.05) is 0 Å². The second-order valence-electron chi connectivity index (χ2n) is 5.65. The largest absolute Gasteiger partial charge is 0.462 e. The van der Waals surface area contributed by atoms with Crippen LogP contribution in [0.1, 0.15) is 47.0 Å². The number of fused-ring (bicyclic) bond motifs is 3. The van der Waals surface area contributed by atoms with Gasteiger partial charge in [-0.3, -0.25) is 4.79 Å². The number of rotatable bonds is 1. The molecular formula is C12H20O3. The number of hydrogen-bond donors (Lipinski definition) is 0. The SMILES string of the molecule is CC(=O)O[C@H]1C[C@@]2(C)CC[C@@H]1C(C)(C)O2. The summed E-state index contributed by atoms with van der Waals surface area (Å²) in [6, 6.07) is 0. The van der Waals surface area contributed by atoms with Gasteiger partial charge in [-0.15, -0.1) is 0 Å². The Hall–Kier alpha value is -0.570. The first kappa shape index (κ1) is 10.9. The van der Waals surface area contributed by atoms with E-state index < -0.39 is 0 Å². The lowest BCUT2D eigenvalue weighted by Gasteiger charge is -2.56. The fraction of sp³-hybridized carbons (Fsp3) is 0.917. The van der Waals surface area contributed by atoms with E-state index in [4.69, 9.17) is 9.47 Å². The molecule has 0 aromatic rings. The van der Waals surface area contributed by atoms with E-state index in [2.05, 4.69) is 20.8 Å². The van der Waals surface area contributed by atoms with E-state index in [1.165, 1.54) is 6.92 Å². The third-order valence-electron chi connectivity index (χ3n) is 3.79. The molecule has 15 heavy (non-hydrogen) atoms. The van der Waals surface area contributed by atoms with Crippen LogP contribution in [0.3, 0.4) is 0 Å². The van der Waals surface area contributed by atoms with Gasteiger partial charge in [0.1, 0.15) is 6.10 Å². The number of ether oxygens (including phenoxy) is 2. The Kier molecular flexibility index (Phi) is 2.34. The minimum Gasteiger partial charge on any atom is -0.462 e. The molecule has 1 saturated carbocycles. The van der Waals surface area contributed by atoms with Gasteiger partial charge in [0.05, 0.1) is 11.2 Å². The number of carbonyl (C=O) groups is 1. The summed E-state index contributed by atoms with van der Waals surface area (Å²) >= 11 is 0.